The normalized spacial score (nSPS) is 13.1. The van der Waals surface area contributed by atoms with E-state index in [-0.39, 0.29) is 0 Å². The van der Waals surface area contributed by atoms with Gasteiger partial charge in [-0.1, -0.05) is 18.2 Å². The Hall–Kier alpha value is -1.89. The van der Waals surface area contributed by atoms with Crippen LogP contribution in [0.1, 0.15) is 11.1 Å². The molecule has 0 saturated carbocycles. The van der Waals surface area contributed by atoms with Gasteiger partial charge in [0.05, 0.1) is 5.39 Å². The molecule has 0 fully saturated rings. The highest BCUT2D eigenvalue weighted by molar-refractivity contribution is 6.06. The molecule has 0 saturated heterocycles. The number of aromatic nitrogens is 1. The van der Waals surface area contributed by atoms with Crippen molar-refractivity contribution in [2.75, 3.05) is 0 Å². The van der Waals surface area contributed by atoms with Gasteiger partial charge in [-0.3, -0.25) is 0 Å². The molecule has 16 heavy (non-hydrogen) atoms. The average Bonchev–Trinajstić information content (AvgIpc) is 2.70. The highest BCUT2D eigenvalue weighted by atomic mass is 15.0. The first-order valence-corrected chi connectivity index (χ1v) is 5.68. The van der Waals surface area contributed by atoms with Crippen LogP contribution in [0, 0.1) is 6.92 Å². The molecule has 1 aliphatic heterocycles. The fourth-order valence-electron chi connectivity index (χ4n) is 2.87. The molecule has 3 aromatic rings. The van der Waals surface area contributed by atoms with E-state index >= 15 is 0 Å². The highest BCUT2D eigenvalue weighted by Gasteiger charge is 2.24. The van der Waals surface area contributed by atoms with Crippen molar-refractivity contribution in [3.05, 3.63) is 53.7 Å². The Bertz CT molecular complexity index is 741. The van der Waals surface area contributed by atoms with Gasteiger partial charge in [0.1, 0.15) is 0 Å². The first-order chi connectivity index (χ1) is 7.84. The van der Waals surface area contributed by atoms with Crippen LogP contribution in [-0.2, 0) is 6.54 Å². The zero-order valence-corrected chi connectivity index (χ0v) is 9.20. The first-order valence-electron chi connectivity index (χ1n) is 5.68. The third-order valence-electron chi connectivity index (χ3n) is 3.69. The minimum atomic E-state index is 1.03. The summed E-state index contributed by atoms with van der Waals surface area (Å²) in [5, 5.41) is 4.17. The van der Waals surface area contributed by atoms with Gasteiger partial charge in [0.15, 0.2) is 12.7 Å². The van der Waals surface area contributed by atoms with Crippen LogP contribution in [0.5, 0.6) is 0 Å². The zero-order chi connectivity index (χ0) is 10.7. The number of hydrogen-bond donors (Lipinski definition) is 0. The Kier molecular flexibility index (Phi) is 1.35. The van der Waals surface area contributed by atoms with Gasteiger partial charge < -0.3 is 0 Å². The summed E-state index contributed by atoms with van der Waals surface area (Å²) in [7, 11) is 0. The van der Waals surface area contributed by atoms with Crippen molar-refractivity contribution in [3.63, 3.8) is 0 Å². The lowest BCUT2D eigenvalue weighted by Crippen LogP contribution is -2.30. The van der Waals surface area contributed by atoms with Crippen molar-refractivity contribution in [2.45, 2.75) is 13.5 Å². The maximum absolute atomic E-state index is 2.36. The van der Waals surface area contributed by atoms with Crippen molar-refractivity contribution in [1.29, 1.82) is 0 Å². The first kappa shape index (κ1) is 8.28. The smallest absolute Gasteiger partial charge is 0.193 e. The predicted octanol–water partition coefficient (Wildman–Crippen LogP) is 2.95. The molecule has 2 aromatic carbocycles. The SMILES string of the molecule is Cc1ccc2ccc3ccc[n+]4c3c2c1C4. The molecule has 1 aromatic heterocycles. The predicted molar refractivity (Wildman–Crippen MR) is 65.5 cm³/mol. The Morgan fingerprint density at radius 3 is 2.75 bits per heavy atom. The lowest BCUT2D eigenvalue weighted by Gasteiger charge is -2.00. The van der Waals surface area contributed by atoms with Crippen LogP contribution in [0.3, 0.4) is 0 Å². The number of aryl methyl sites for hydroxylation is 1. The molecule has 76 valence electrons. The van der Waals surface area contributed by atoms with Crippen LogP contribution in [0.15, 0.2) is 42.6 Å². The van der Waals surface area contributed by atoms with Gasteiger partial charge in [-0.25, -0.2) is 0 Å². The van der Waals surface area contributed by atoms with Gasteiger partial charge in [0.2, 0.25) is 5.52 Å². The fraction of sp³-hybridized carbons (Fsp3) is 0.133. The van der Waals surface area contributed by atoms with E-state index in [4.69, 9.17) is 0 Å². The second-order valence-electron chi connectivity index (χ2n) is 4.60. The van der Waals surface area contributed by atoms with Crippen molar-refractivity contribution in [3.8, 4) is 0 Å². The monoisotopic (exact) mass is 206 g/mol. The van der Waals surface area contributed by atoms with E-state index in [0.717, 1.165) is 6.54 Å². The second kappa shape index (κ2) is 2.62. The molecule has 0 spiro atoms. The van der Waals surface area contributed by atoms with E-state index in [1.807, 2.05) is 0 Å². The Morgan fingerprint density at radius 1 is 1.00 bits per heavy atom. The lowest BCUT2D eigenvalue weighted by molar-refractivity contribution is -0.657. The number of benzene rings is 2. The van der Waals surface area contributed by atoms with Crippen molar-refractivity contribution >= 4 is 21.7 Å². The molecule has 4 rings (SSSR count). The van der Waals surface area contributed by atoms with Gasteiger partial charge in [0, 0.05) is 17.0 Å². The van der Waals surface area contributed by atoms with Crippen LogP contribution in [0.4, 0.5) is 0 Å². The topological polar surface area (TPSA) is 3.88 Å². The molecule has 0 unspecified atom stereocenters. The van der Waals surface area contributed by atoms with E-state index in [1.54, 1.807) is 0 Å². The summed E-state index contributed by atoms with van der Waals surface area (Å²) in [6.45, 7) is 3.24. The molecule has 0 amide bonds. The molecule has 0 bridgehead atoms. The van der Waals surface area contributed by atoms with Gasteiger partial charge in [-0.2, -0.15) is 4.57 Å². The van der Waals surface area contributed by atoms with Gasteiger partial charge in [0.25, 0.3) is 0 Å². The lowest BCUT2D eigenvalue weighted by atomic mass is 10.00. The van der Waals surface area contributed by atoms with E-state index in [9.17, 15) is 0 Å². The summed E-state index contributed by atoms with van der Waals surface area (Å²) in [6, 6.07) is 13.2. The molecule has 1 nitrogen and oxygen atoms in total. The maximum Gasteiger partial charge on any atom is 0.221 e. The molecule has 0 aliphatic carbocycles. The summed E-state index contributed by atoms with van der Waals surface area (Å²) in [5.41, 5.74) is 4.30. The van der Waals surface area contributed by atoms with Crippen LogP contribution >= 0.6 is 0 Å². The van der Waals surface area contributed by atoms with Crippen LogP contribution in [0.2, 0.25) is 0 Å². The van der Waals surface area contributed by atoms with Crippen LogP contribution in [0.25, 0.3) is 21.7 Å². The Morgan fingerprint density at radius 2 is 1.81 bits per heavy atom. The van der Waals surface area contributed by atoms with Crippen LogP contribution in [-0.4, -0.2) is 0 Å². The number of pyridine rings is 1. The largest absolute Gasteiger partial charge is 0.221 e. The third kappa shape index (κ3) is 0.843. The molecule has 1 heteroatoms. The van der Waals surface area contributed by atoms with Crippen LogP contribution < -0.4 is 4.57 Å². The van der Waals surface area contributed by atoms with Crippen molar-refractivity contribution in [1.82, 2.24) is 0 Å². The molecule has 0 N–H and O–H groups in total. The Balaban J connectivity index is 2.39. The summed E-state index contributed by atoms with van der Waals surface area (Å²) in [4.78, 5) is 0. The highest BCUT2D eigenvalue weighted by Crippen LogP contribution is 2.31. The number of nitrogens with zero attached hydrogens (tertiary/aromatic N) is 1. The Labute approximate surface area is 93.9 Å². The molecule has 1 aliphatic rings. The van der Waals surface area contributed by atoms with E-state index < -0.39 is 0 Å². The summed E-state index contributed by atoms with van der Waals surface area (Å²) in [5.74, 6) is 0. The zero-order valence-electron chi connectivity index (χ0n) is 9.20. The van der Waals surface area contributed by atoms with Crippen molar-refractivity contribution < 1.29 is 4.57 Å². The molecular weight excluding hydrogens is 194 g/mol. The van der Waals surface area contributed by atoms with Crippen molar-refractivity contribution in [2.24, 2.45) is 0 Å². The number of rotatable bonds is 0. The quantitative estimate of drug-likeness (QED) is 0.307. The summed E-state index contributed by atoms with van der Waals surface area (Å²) in [6.07, 6.45) is 2.18. The second-order valence-corrected chi connectivity index (χ2v) is 4.60. The minimum absolute atomic E-state index is 1.03. The summed E-state index contributed by atoms with van der Waals surface area (Å²) >= 11 is 0. The van der Waals surface area contributed by atoms with Gasteiger partial charge in [-0.05, 0) is 30.0 Å². The average molecular weight is 206 g/mol. The number of hydrogen-bond acceptors (Lipinski definition) is 0. The minimum Gasteiger partial charge on any atom is -0.193 e. The molecule has 0 atom stereocenters. The van der Waals surface area contributed by atoms with Gasteiger partial charge in [-0.15, -0.1) is 0 Å². The molecule has 2 heterocycles. The van der Waals surface area contributed by atoms with E-state index in [0.29, 0.717) is 0 Å². The van der Waals surface area contributed by atoms with E-state index in [1.165, 1.54) is 32.8 Å². The summed E-state index contributed by atoms with van der Waals surface area (Å²) < 4.78 is 2.36. The fourth-order valence-corrected chi connectivity index (χ4v) is 2.87. The van der Waals surface area contributed by atoms with Gasteiger partial charge >= 0.3 is 0 Å². The molecule has 0 radical (unpaired) electrons. The molecular formula is C15H12N+. The maximum atomic E-state index is 2.36. The standard InChI is InChI=1S/C15H12N/c1-10-4-5-11-6-7-12-3-2-8-16-9-13(10)14(11)15(12)16/h2-8H,9H2,1H3/q+1. The third-order valence-corrected chi connectivity index (χ3v) is 3.69. The van der Waals surface area contributed by atoms with E-state index in [2.05, 4.69) is 54.1 Å².